The van der Waals surface area contributed by atoms with Crippen molar-refractivity contribution >= 4 is 34.6 Å². The van der Waals surface area contributed by atoms with Crippen molar-refractivity contribution < 1.29 is 9.15 Å². The first-order valence-corrected chi connectivity index (χ1v) is 11.8. The van der Waals surface area contributed by atoms with Crippen molar-refractivity contribution in [2.45, 2.75) is 32.5 Å². The number of aromatic nitrogens is 2. The Labute approximate surface area is 209 Å². The summed E-state index contributed by atoms with van der Waals surface area (Å²) in [6.07, 6.45) is 3.51. The van der Waals surface area contributed by atoms with Crippen molar-refractivity contribution in [1.82, 2.24) is 14.9 Å². The van der Waals surface area contributed by atoms with Crippen molar-refractivity contribution in [3.63, 3.8) is 0 Å². The molecule has 0 bridgehead atoms. The van der Waals surface area contributed by atoms with Crippen LogP contribution in [0.5, 0.6) is 5.75 Å². The third-order valence-electron chi connectivity index (χ3n) is 6.34. The molecule has 1 N–H and O–H groups in total. The number of thiocarbonyl (C=S) groups is 1. The second-order valence-corrected chi connectivity index (χ2v) is 9.10. The second kappa shape index (κ2) is 9.16. The molecule has 6 nitrogen and oxygen atoms in total. The number of hydrogen-bond donors (Lipinski definition) is 1. The summed E-state index contributed by atoms with van der Waals surface area (Å²) in [5.41, 5.74) is 5.28. The molecule has 1 saturated heterocycles. The summed E-state index contributed by atoms with van der Waals surface area (Å²) < 4.78 is 13.2. The molecule has 1 aliphatic heterocycles. The number of aryl methyl sites for hydroxylation is 1. The topological polar surface area (TPSA) is 55.5 Å². The fraction of sp³-hybridized carbons (Fsp3) is 0.231. The van der Waals surface area contributed by atoms with E-state index in [4.69, 9.17) is 33.0 Å². The van der Waals surface area contributed by atoms with Gasteiger partial charge in [-0.2, -0.15) is 0 Å². The Morgan fingerprint density at radius 3 is 2.68 bits per heavy atom. The zero-order valence-corrected chi connectivity index (χ0v) is 20.7. The van der Waals surface area contributed by atoms with Crippen molar-refractivity contribution in [2.75, 3.05) is 12.0 Å². The van der Waals surface area contributed by atoms with Crippen LogP contribution in [0.25, 0.3) is 0 Å². The molecule has 0 radical (unpaired) electrons. The van der Waals surface area contributed by atoms with Crippen molar-refractivity contribution in [1.29, 1.82) is 0 Å². The third kappa shape index (κ3) is 3.95. The highest BCUT2D eigenvalue weighted by atomic mass is 35.5. The van der Waals surface area contributed by atoms with Gasteiger partial charge in [-0.05, 0) is 80.2 Å². The molecule has 3 aromatic heterocycles. The Balaban J connectivity index is 1.63. The first kappa shape index (κ1) is 22.5. The van der Waals surface area contributed by atoms with Gasteiger partial charge in [0.05, 0.1) is 42.7 Å². The van der Waals surface area contributed by atoms with Crippen molar-refractivity contribution in [3.05, 3.63) is 100 Å². The molecule has 1 aromatic carbocycles. The molecule has 8 heteroatoms. The normalized spacial score (nSPS) is 17.8. The number of anilines is 1. The Kier molecular flexibility index (Phi) is 6.06. The fourth-order valence-electron chi connectivity index (χ4n) is 4.68. The SMILES string of the molecule is COc1ccc(N2C(=S)N[C@@H](c3ccccn3)[C@@H]2c2cc(C)n(Cc3ccco3)c2C)cc1Cl. The standard InChI is InChI=1S/C26H25ClN4O2S/c1-16-13-20(17(2)30(16)15-19-7-6-12-33-19)25-24(22-8-4-5-11-28-22)29-26(34)31(25)18-9-10-23(32-3)21(27)14-18/h4-14,24-25H,15H2,1-3H3,(H,29,34)/t24-,25-/m0/s1. The Morgan fingerprint density at radius 2 is 2.00 bits per heavy atom. The monoisotopic (exact) mass is 492 g/mol. The molecule has 0 unspecified atom stereocenters. The fourth-order valence-corrected chi connectivity index (χ4v) is 5.28. The maximum atomic E-state index is 6.50. The Hall–Kier alpha value is -3.29. The van der Waals surface area contributed by atoms with E-state index in [0.717, 1.165) is 28.5 Å². The molecule has 34 heavy (non-hydrogen) atoms. The number of methoxy groups -OCH3 is 1. The largest absolute Gasteiger partial charge is 0.495 e. The summed E-state index contributed by atoms with van der Waals surface area (Å²) in [6, 6.07) is 17.6. The van der Waals surface area contributed by atoms with Crippen molar-refractivity contribution in [3.8, 4) is 5.75 Å². The van der Waals surface area contributed by atoms with E-state index in [1.807, 2.05) is 54.7 Å². The molecule has 0 saturated carbocycles. The summed E-state index contributed by atoms with van der Waals surface area (Å²) in [7, 11) is 1.61. The smallest absolute Gasteiger partial charge is 0.174 e. The number of pyridine rings is 1. The van der Waals surface area contributed by atoms with Crippen molar-refractivity contribution in [2.24, 2.45) is 0 Å². The second-order valence-electron chi connectivity index (χ2n) is 8.31. The summed E-state index contributed by atoms with van der Waals surface area (Å²) in [5.74, 6) is 1.53. The molecule has 0 amide bonds. The van der Waals surface area contributed by atoms with Crippen LogP contribution >= 0.6 is 23.8 Å². The van der Waals surface area contributed by atoms with Gasteiger partial charge in [0.25, 0.3) is 0 Å². The van der Waals surface area contributed by atoms with E-state index in [9.17, 15) is 0 Å². The van der Waals surface area contributed by atoms with Gasteiger partial charge >= 0.3 is 0 Å². The maximum absolute atomic E-state index is 6.50. The molecule has 4 aromatic rings. The molecule has 4 heterocycles. The highest BCUT2D eigenvalue weighted by Crippen LogP contribution is 2.44. The summed E-state index contributed by atoms with van der Waals surface area (Å²) in [4.78, 5) is 6.77. The van der Waals surface area contributed by atoms with Crippen LogP contribution in [-0.4, -0.2) is 21.8 Å². The molecule has 5 rings (SSSR count). The molecule has 1 aliphatic rings. The molecule has 0 aliphatic carbocycles. The number of rotatable bonds is 6. The lowest BCUT2D eigenvalue weighted by atomic mass is 9.96. The van der Waals surface area contributed by atoms with Gasteiger partial charge in [-0.3, -0.25) is 4.98 Å². The molecular weight excluding hydrogens is 468 g/mol. The van der Waals surface area contributed by atoms with E-state index in [-0.39, 0.29) is 12.1 Å². The van der Waals surface area contributed by atoms with Crippen LogP contribution in [0, 0.1) is 13.8 Å². The van der Waals surface area contributed by atoms with Gasteiger partial charge in [-0.15, -0.1) is 0 Å². The van der Waals surface area contributed by atoms with Gasteiger partial charge in [-0.25, -0.2) is 0 Å². The molecule has 0 spiro atoms. The molecule has 1 fully saturated rings. The van der Waals surface area contributed by atoms with Gasteiger partial charge in [0, 0.05) is 23.3 Å². The Bertz CT molecular complexity index is 1320. The number of hydrogen-bond acceptors (Lipinski definition) is 4. The minimum Gasteiger partial charge on any atom is -0.495 e. The van der Waals surface area contributed by atoms with Crippen LogP contribution in [0.3, 0.4) is 0 Å². The van der Waals surface area contributed by atoms with Crippen LogP contribution in [0.15, 0.2) is 71.5 Å². The number of furan rings is 1. The van der Waals surface area contributed by atoms with Gasteiger partial charge in [-0.1, -0.05) is 17.7 Å². The summed E-state index contributed by atoms with van der Waals surface area (Å²) in [5, 5.41) is 4.67. The average molecular weight is 493 g/mol. The van der Waals surface area contributed by atoms with E-state index in [1.165, 1.54) is 5.56 Å². The molecular formula is C26H25ClN4O2S. The first-order chi connectivity index (χ1) is 16.5. The van der Waals surface area contributed by atoms with Crippen LogP contribution in [0.2, 0.25) is 5.02 Å². The minimum atomic E-state index is -0.132. The predicted molar refractivity (Wildman–Crippen MR) is 138 cm³/mol. The minimum absolute atomic E-state index is 0.122. The molecule has 174 valence electrons. The number of ether oxygens (including phenoxy) is 1. The average Bonchev–Trinajstić information content (AvgIpc) is 3.54. The maximum Gasteiger partial charge on any atom is 0.174 e. The van der Waals surface area contributed by atoms with Gasteiger partial charge in [0.1, 0.15) is 11.5 Å². The van der Waals surface area contributed by atoms with Gasteiger partial charge in [0.15, 0.2) is 5.11 Å². The number of benzene rings is 1. The highest BCUT2D eigenvalue weighted by molar-refractivity contribution is 7.80. The summed E-state index contributed by atoms with van der Waals surface area (Å²) >= 11 is 12.3. The first-order valence-electron chi connectivity index (χ1n) is 11.0. The van der Waals surface area contributed by atoms with E-state index in [0.29, 0.717) is 22.4 Å². The summed E-state index contributed by atoms with van der Waals surface area (Å²) in [6.45, 7) is 4.92. The van der Waals surface area contributed by atoms with E-state index in [2.05, 4.69) is 39.7 Å². The zero-order valence-electron chi connectivity index (χ0n) is 19.2. The number of halogens is 1. The van der Waals surface area contributed by atoms with Gasteiger partial charge in [0.2, 0.25) is 0 Å². The highest BCUT2D eigenvalue weighted by Gasteiger charge is 2.42. The van der Waals surface area contributed by atoms with Gasteiger partial charge < -0.3 is 23.9 Å². The lowest BCUT2D eigenvalue weighted by molar-refractivity contribution is 0.415. The van der Waals surface area contributed by atoms with E-state index >= 15 is 0 Å². The van der Waals surface area contributed by atoms with Crippen LogP contribution < -0.4 is 15.0 Å². The number of nitrogens with zero attached hydrogens (tertiary/aromatic N) is 3. The Morgan fingerprint density at radius 1 is 1.15 bits per heavy atom. The lowest BCUT2D eigenvalue weighted by Crippen LogP contribution is -2.29. The zero-order chi connectivity index (χ0) is 23.8. The molecule has 2 atom stereocenters. The third-order valence-corrected chi connectivity index (χ3v) is 6.95. The van der Waals surface area contributed by atoms with E-state index in [1.54, 1.807) is 13.4 Å². The van der Waals surface area contributed by atoms with E-state index < -0.39 is 0 Å². The van der Waals surface area contributed by atoms with Crippen LogP contribution in [-0.2, 0) is 6.54 Å². The quantitative estimate of drug-likeness (QED) is 0.334. The van der Waals surface area contributed by atoms with Crippen LogP contribution in [0.1, 0.15) is 40.5 Å². The predicted octanol–water partition coefficient (Wildman–Crippen LogP) is 5.98. The lowest BCUT2D eigenvalue weighted by Gasteiger charge is -2.28. The van der Waals surface area contributed by atoms with Crippen LogP contribution in [0.4, 0.5) is 5.69 Å². The number of nitrogens with one attached hydrogen (secondary N) is 1.